The number of pyridine rings is 1. The summed E-state index contributed by atoms with van der Waals surface area (Å²) in [6.45, 7) is 1.11. The molecule has 37 heavy (non-hydrogen) atoms. The SMILES string of the molecule is COCCn1nc2c(c1C#N)-c1cnc3[nH]cc(c3c1)-c1cn(nc1C(F)(F)F)CCCCN(C)C2=O. The Bertz CT molecular complexity index is 1530. The van der Waals surface area contributed by atoms with Gasteiger partial charge in [0, 0.05) is 67.9 Å². The van der Waals surface area contributed by atoms with Crippen molar-refractivity contribution in [3.63, 3.8) is 0 Å². The Hall–Kier alpha value is -4.18. The molecule has 5 rings (SSSR count). The van der Waals surface area contributed by atoms with Gasteiger partial charge in [-0.1, -0.05) is 0 Å². The molecule has 0 aliphatic carbocycles. The number of carbonyl (C=O) groups is 1. The van der Waals surface area contributed by atoms with Crippen LogP contribution in [-0.2, 0) is 24.0 Å². The second kappa shape index (κ2) is 9.36. The molecule has 1 aliphatic heterocycles. The largest absolute Gasteiger partial charge is 0.435 e. The van der Waals surface area contributed by atoms with E-state index in [4.69, 9.17) is 4.74 Å². The normalized spacial score (nSPS) is 14.5. The van der Waals surface area contributed by atoms with Gasteiger partial charge in [-0.2, -0.15) is 28.6 Å². The number of hydrogen-bond donors (Lipinski definition) is 1. The molecule has 5 heterocycles. The topological polar surface area (TPSA) is 118 Å². The highest BCUT2D eigenvalue weighted by Gasteiger charge is 2.38. The average molecular weight is 512 g/mol. The van der Waals surface area contributed by atoms with Crippen molar-refractivity contribution in [2.24, 2.45) is 0 Å². The fourth-order valence-corrected chi connectivity index (χ4v) is 4.55. The van der Waals surface area contributed by atoms with Gasteiger partial charge in [0.2, 0.25) is 0 Å². The van der Waals surface area contributed by atoms with Crippen molar-refractivity contribution in [1.29, 1.82) is 5.26 Å². The average Bonchev–Trinajstić information content (AvgIpc) is 3.58. The first kappa shape index (κ1) is 24.5. The van der Waals surface area contributed by atoms with Crippen LogP contribution >= 0.6 is 0 Å². The number of nitriles is 1. The number of aryl methyl sites for hydroxylation is 1. The number of alkyl halides is 3. The van der Waals surface area contributed by atoms with Crippen LogP contribution < -0.4 is 0 Å². The number of amides is 1. The minimum atomic E-state index is -4.66. The van der Waals surface area contributed by atoms with E-state index in [0.29, 0.717) is 36.0 Å². The van der Waals surface area contributed by atoms with Crippen molar-refractivity contribution < 1.29 is 22.7 Å². The van der Waals surface area contributed by atoms with Crippen LogP contribution in [0.1, 0.15) is 34.7 Å². The maximum Gasteiger partial charge on any atom is 0.435 e. The number of fused-ring (bicyclic) bond motifs is 6. The highest BCUT2D eigenvalue weighted by Crippen LogP contribution is 2.40. The van der Waals surface area contributed by atoms with E-state index in [2.05, 4.69) is 26.2 Å². The predicted molar refractivity (Wildman–Crippen MR) is 126 cm³/mol. The van der Waals surface area contributed by atoms with Crippen LogP contribution in [0.5, 0.6) is 0 Å². The van der Waals surface area contributed by atoms with Gasteiger partial charge in [0.15, 0.2) is 11.4 Å². The standard InChI is InChI=1S/C24H23F3N8O2/c1-33-5-3-4-6-34-13-17(21(32-34)24(25,26)27)16-12-30-22-15(16)9-14(11-29-22)19-18(10-28)35(7-8-37-2)31-20(19)23(33)36/h9,11-13H,3-8H2,1-2H3,(H,29,30). The molecule has 1 amide bonds. The zero-order valence-electron chi connectivity index (χ0n) is 20.1. The van der Waals surface area contributed by atoms with E-state index in [-0.39, 0.29) is 53.7 Å². The third-order valence-corrected chi connectivity index (χ3v) is 6.39. The first-order valence-corrected chi connectivity index (χ1v) is 11.6. The second-order valence-corrected chi connectivity index (χ2v) is 8.81. The fourth-order valence-electron chi connectivity index (χ4n) is 4.55. The number of nitrogens with one attached hydrogen (secondary N) is 1. The minimum Gasteiger partial charge on any atom is -0.383 e. The van der Waals surface area contributed by atoms with Crippen LogP contribution in [0.4, 0.5) is 13.2 Å². The summed E-state index contributed by atoms with van der Waals surface area (Å²) in [5.41, 5.74) is 0.457. The summed E-state index contributed by atoms with van der Waals surface area (Å²) in [7, 11) is 3.15. The van der Waals surface area contributed by atoms with Gasteiger partial charge in [-0.25, -0.2) is 4.98 Å². The lowest BCUT2D eigenvalue weighted by atomic mass is 10.0. The maximum atomic E-state index is 13.9. The smallest absolute Gasteiger partial charge is 0.383 e. The third kappa shape index (κ3) is 4.33. The van der Waals surface area contributed by atoms with Crippen LogP contribution in [0.3, 0.4) is 0 Å². The summed E-state index contributed by atoms with van der Waals surface area (Å²) in [6, 6.07) is 3.75. The third-order valence-electron chi connectivity index (χ3n) is 6.39. The van der Waals surface area contributed by atoms with Gasteiger partial charge >= 0.3 is 6.18 Å². The molecule has 0 unspecified atom stereocenters. The molecule has 0 aromatic carbocycles. The van der Waals surface area contributed by atoms with E-state index in [9.17, 15) is 23.2 Å². The lowest BCUT2D eigenvalue weighted by Crippen LogP contribution is -2.29. The number of aromatic nitrogens is 6. The van der Waals surface area contributed by atoms with Crippen molar-refractivity contribution >= 4 is 16.9 Å². The predicted octanol–water partition coefficient (Wildman–Crippen LogP) is 3.69. The molecule has 192 valence electrons. The van der Waals surface area contributed by atoms with E-state index in [1.54, 1.807) is 13.1 Å². The van der Waals surface area contributed by atoms with E-state index >= 15 is 0 Å². The lowest BCUT2D eigenvalue weighted by Gasteiger charge is -2.16. The molecule has 0 atom stereocenters. The number of rotatable bonds is 3. The summed E-state index contributed by atoms with van der Waals surface area (Å²) in [4.78, 5) is 22.3. The molecular weight excluding hydrogens is 489 g/mol. The van der Waals surface area contributed by atoms with Crippen molar-refractivity contribution in [3.05, 3.63) is 41.7 Å². The summed E-state index contributed by atoms with van der Waals surface area (Å²) < 4.78 is 49.7. The molecule has 4 bridgehead atoms. The number of hydrogen-bond acceptors (Lipinski definition) is 6. The maximum absolute atomic E-state index is 13.9. The van der Waals surface area contributed by atoms with Crippen molar-refractivity contribution in [2.45, 2.75) is 32.1 Å². The van der Waals surface area contributed by atoms with Crippen LogP contribution in [0.2, 0.25) is 0 Å². The molecule has 4 aromatic heterocycles. The van der Waals surface area contributed by atoms with E-state index in [1.165, 1.54) is 40.0 Å². The van der Waals surface area contributed by atoms with Gasteiger partial charge in [-0.05, 0) is 18.9 Å². The number of carbonyl (C=O) groups excluding carboxylic acids is 1. The van der Waals surface area contributed by atoms with E-state index in [1.807, 2.05) is 0 Å². The molecule has 0 saturated carbocycles. The zero-order chi connectivity index (χ0) is 26.3. The number of nitrogens with zero attached hydrogens (tertiary/aromatic N) is 7. The summed E-state index contributed by atoms with van der Waals surface area (Å²) in [5, 5.41) is 18.7. The molecule has 4 aromatic rings. The molecule has 10 nitrogen and oxygen atoms in total. The monoisotopic (exact) mass is 512 g/mol. The first-order chi connectivity index (χ1) is 17.7. The van der Waals surface area contributed by atoms with Crippen LogP contribution in [0.25, 0.3) is 33.3 Å². The van der Waals surface area contributed by atoms with Gasteiger partial charge in [-0.15, -0.1) is 0 Å². The summed E-state index contributed by atoms with van der Waals surface area (Å²) in [6.07, 6.45) is 0.714. The van der Waals surface area contributed by atoms with Crippen molar-refractivity contribution in [3.8, 4) is 28.3 Å². The molecule has 13 heteroatoms. The summed E-state index contributed by atoms with van der Waals surface area (Å²) in [5.74, 6) is -0.368. The van der Waals surface area contributed by atoms with Crippen LogP contribution in [0, 0.1) is 11.3 Å². The molecule has 0 spiro atoms. The molecule has 0 radical (unpaired) electrons. The quantitative estimate of drug-likeness (QED) is 0.447. The highest BCUT2D eigenvalue weighted by atomic mass is 19.4. The Kier molecular flexibility index (Phi) is 6.20. The number of aromatic amines is 1. The Morgan fingerprint density at radius 3 is 2.73 bits per heavy atom. The molecule has 1 aliphatic rings. The molecule has 0 saturated heterocycles. The lowest BCUT2D eigenvalue weighted by molar-refractivity contribution is -0.141. The van der Waals surface area contributed by atoms with Crippen LogP contribution in [-0.4, -0.2) is 67.6 Å². The second-order valence-electron chi connectivity index (χ2n) is 8.81. The fraction of sp³-hybridized carbons (Fsp3) is 0.375. The van der Waals surface area contributed by atoms with Gasteiger partial charge in [0.25, 0.3) is 5.91 Å². The number of methoxy groups -OCH3 is 1. The molecular formula is C24H23F3N8O2. The van der Waals surface area contributed by atoms with E-state index < -0.39 is 11.9 Å². The van der Waals surface area contributed by atoms with E-state index in [0.717, 1.165) is 0 Å². The van der Waals surface area contributed by atoms with Gasteiger partial charge in [-0.3, -0.25) is 14.2 Å². The molecule has 0 fully saturated rings. The Balaban J connectivity index is 1.78. The van der Waals surface area contributed by atoms with Gasteiger partial charge < -0.3 is 14.6 Å². The van der Waals surface area contributed by atoms with Crippen LogP contribution in [0.15, 0.2) is 24.7 Å². The Morgan fingerprint density at radius 1 is 1.22 bits per heavy atom. The number of halogens is 3. The number of ether oxygens (including phenoxy) is 1. The van der Waals surface area contributed by atoms with Gasteiger partial charge in [0.05, 0.1) is 18.7 Å². The Labute approximate surface area is 209 Å². The number of H-pyrrole nitrogens is 1. The van der Waals surface area contributed by atoms with Gasteiger partial charge in [0.1, 0.15) is 17.4 Å². The van der Waals surface area contributed by atoms with Crippen molar-refractivity contribution in [2.75, 3.05) is 27.3 Å². The minimum absolute atomic E-state index is 0.0720. The first-order valence-electron chi connectivity index (χ1n) is 11.6. The Morgan fingerprint density at radius 2 is 2.00 bits per heavy atom. The molecule has 1 N–H and O–H groups in total. The zero-order valence-corrected chi connectivity index (χ0v) is 20.1. The summed E-state index contributed by atoms with van der Waals surface area (Å²) >= 11 is 0. The highest BCUT2D eigenvalue weighted by molar-refractivity contribution is 6.02. The van der Waals surface area contributed by atoms with Crippen molar-refractivity contribution in [1.82, 2.24) is 34.4 Å².